The molecule has 0 fully saturated rings. The molecule has 0 atom stereocenters. The first-order valence-electron chi connectivity index (χ1n) is 6.36. The van der Waals surface area contributed by atoms with E-state index in [0.29, 0.717) is 17.0 Å². The summed E-state index contributed by atoms with van der Waals surface area (Å²) in [6.07, 6.45) is 1.96. The van der Waals surface area contributed by atoms with Crippen molar-refractivity contribution in [2.24, 2.45) is 0 Å². The van der Waals surface area contributed by atoms with Crippen LogP contribution in [0.15, 0.2) is 41.9 Å². The molecule has 3 aromatic rings. The molecule has 1 aromatic carbocycles. The molecule has 0 aliphatic rings. The number of methoxy groups -OCH3 is 1. The van der Waals surface area contributed by atoms with E-state index in [-0.39, 0.29) is 5.97 Å². The van der Waals surface area contributed by atoms with Gasteiger partial charge in [0.2, 0.25) is 0 Å². The molecule has 0 radical (unpaired) electrons. The Labute approximate surface area is 125 Å². The smallest absolute Gasteiger partial charge is 0.348 e. The van der Waals surface area contributed by atoms with Gasteiger partial charge in [-0.05, 0) is 40.6 Å². The summed E-state index contributed by atoms with van der Waals surface area (Å²) in [6.45, 7) is 0.576. The highest BCUT2D eigenvalue weighted by Crippen LogP contribution is 2.23. The number of hydrogen-bond acceptors (Lipinski definition) is 4. The molecule has 0 unspecified atom stereocenters. The minimum absolute atomic E-state index is 0.311. The maximum absolute atomic E-state index is 11.7. The zero-order valence-corrected chi connectivity index (χ0v) is 12.2. The van der Waals surface area contributed by atoms with Crippen LogP contribution < -0.4 is 0 Å². The van der Waals surface area contributed by atoms with Gasteiger partial charge in [0.15, 0.2) is 0 Å². The van der Waals surface area contributed by atoms with Gasteiger partial charge in [0.25, 0.3) is 0 Å². The number of ether oxygens (including phenoxy) is 1. The fourth-order valence-corrected chi connectivity index (χ4v) is 3.14. The van der Waals surface area contributed by atoms with Crippen molar-refractivity contribution in [3.8, 4) is 6.07 Å². The van der Waals surface area contributed by atoms with Gasteiger partial charge in [0, 0.05) is 18.3 Å². The van der Waals surface area contributed by atoms with Crippen LogP contribution in [-0.2, 0) is 11.3 Å². The first-order chi connectivity index (χ1) is 10.2. The third-order valence-electron chi connectivity index (χ3n) is 3.36. The molecule has 0 spiro atoms. The summed E-state index contributed by atoms with van der Waals surface area (Å²) in [4.78, 5) is 12.3. The summed E-state index contributed by atoms with van der Waals surface area (Å²) in [7, 11) is 1.39. The van der Waals surface area contributed by atoms with Crippen molar-refractivity contribution in [3.05, 3.63) is 57.9 Å². The van der Waals surface area contributed by atoms with Crippen LogP contribution in [0.3, 0.4) is 0 Å². The van der Waals surface area contributed by atoms with E-state index in [1.165, 1.54) is 18.4 Å². The third kappa shape index (κ3) is 2.41. The van der Waals surface area contributed by atoms with E-state index < -0.39 is 0 Å². The Morgan fingerprint density at radius 2 is 2.24 bits per heavy atom. The van der Waals surface area contributed by atoms with Crippen molar-refractivity contribution in [2.75, 3.05) is 7.11 Å². The highest BCUT2D eigenvalue weighted by molar-refractivity contribution is 7.12. The first kappa shape index (κ1) is 13.4. The Morgan fingerprint density at radius 1 is 1.38 bits per heavy atom. The topological polar surface area (TPSA) is 55.0 Å². The standard InChI is InChI=1S/C16H12N2O2S/c1-20-16(19)15-13(5-7-21-15)10-18-6-4-12-3-2-11(9-17)8-14(12)18/h2-8H,10H2,1H3. The zero-order chi connectivity index (χ0) is 14.8. The van der Waals surface area contributed by atoms with E-state index in [1.807, 2.05) is 40.4 Å². The van der Waals surface area contributed by atoms with E-state index in [0.717, 1.165) is 16.5 Å². The van der Waals surface area contributed by atoms with E-state index in [1.54, 1.807) is 6.07 Å². The average Bonchev–Trinajstić information content (AvgIpc) is 3.14. The highest BCUT2D eigenvalue weighted by atomic mass is 32.1. The van der Waals surface area contributed by atoms with Crippen LogP contribution >= 0.6 is 11.3 Å². The molecular weight excluding hydrogens is 284 g/mol. The molecule has 0 amide bonds. The van der Waals surface area contributed by atoms with Gasteiger partial charge in [-0.2, -0.15) is 5.26 Å². The second-order valence-corrected chi connectivity index (χ2v) is 5.51. The Balaban J connectivity index is 2.01. The van der Waals surface area contributed by atoms with Gasteiger partial charge >= 0.3 is 5.97 Å². The Bertz CT molecular complexity index is 855. The van der Waals surface area contributed by atoms with Gasteiger partial charge in [0.1, 0.15) is 4.88 Å². The van der Waals surface area contributed by atoms with Gasteiger partial charge in [-0.25, -0.2) is 4.79 Å². The maximum atomic E-state index is 11.7. The van der Waals surface area contributed by atoms with Crippen LogP contribution in [0.25, 0.3) is 10.9 Å². The Kier molecular flexibility index (Phi) is 3.46. The van der Waals surface area contributed by atoms with Gasteiger partial charge in [-0.1, -0.05) is 6.07 Å². The van der Waals surface area contributed by atoms with Gasteiger partial charge in [-0.15, -0.1) is 11.3 Å². The Morgan fingerprint density at radius 3 is 3.00 bits per heavy atom. The van der Waals surface area contributed by atoms with E-state index in [9.17, 15) is 4.79 Å². The highest BCUT2D eigenvalue weighted by Gasteiger charge is 2.14. The number of hydrogen-bond donors (Lipinski definition) is 0. The van der Waals surface area contributed by atoms with Gasteiger partial charge in [-0.3, -0.25) is 0 Å². The predicted molar refractivity (Wildman–Crippen MR) is 81.4 cm³/mol. The summed E-state index contributed by atoms with van der Waals surface area (Å²) in [5, 5.41) is 12.0. The summed E-state index contributed by atoms with van der Waals surface area (Å²) in [5.41, 5.74) is 2.53. The number of esters is 1. The molecule has 0 aliphatic heterocycles. The van der Waals surface area contributed by atoms with Crippen LogP contribution in [0, 0.1) is 11.3 Å². The minimum atomic E-state index is -0.311. The third-order valence-corrected chi connectivity index (χ3v) is 4.30. The molecule has 2 aromatic heterocycles. The normalized spacial score (nSPS) is 10.5. The zero-order valence-electron chi connectivity index (χ0n) is 11.4. The summed E-state index contributed by atoms with van der Waals surface area (Å²) >= 11 is 1.38. The lowest BCUT2D eigenvalue weighted by molar-refractivity contribution is 0.0605. The van der Waals surface area contributed by atoms with E-state index in [4.69, 9.17) is 10.00 Å². The molecule has 0 bridgehead atoms. The van der Waals surface area contributed by atoms with Crippen LogP contribution in [0.2, 0.25) is 0 Å². The lowest BCUT2D eigenvalue weighted by Gasteiger charge is -2.06. The van der Waals surface area contributed by atoms with Crippen molar-refractivity contribution in [1.82, 2.24) is 4.57 Å². The van der Waals surface area contributed by atoms with Crippen LogP contribution in [-0.4, -0.2) is 17.6 Å². The van der Waals surface area contributed by atoms with Crippen LogP contribution in [0.4, 0.5) is 0 Å². The summed E-state index contributed by atoms with van der Waals surface area (Å²) < 4.78 is 6.83. The Hall–Kier alpha value is -2.58. The molecule has 0 saturated carbocycles. The number of nitrogens with zero attached hydrogens (tertiary/aromatic N) is 2. The predicted octanol–water partition coefficient (Wildman–Crippen LogP) is 3.41. The fraction of sp³-hybridized carbons (Fsp3) is 0.125. The monoisotopic (exact) mass is 296 g/mol. The maximum Gasteiger partial charge on any atom is 0.348 e. The molecule has 104 valence electrons. The molecule has 3 rings (SSSR count). The van der Waals surface area contributed by atoms with E-state index >= 15 is 0 Å². The van der Waals surface area contributed by atoms with Crippen molar-refractivity contribution in [1.29, 1.82) is 5.26 Å². The fourth-order valence-electron chi connectivity index (χ4n) is 2.31. The second kappa shape index (κ2) is 5.43. The molecule has 0 N–H and O–H groups in total. The number of carbonyl (C=O) groups excluding carboxylic acids is 1. The summed E-state index contributed by atoms with van der Waals surface area (Å²) in [5.74, 6) is -0.311. The second-order valence-electron chi connectivity index (χ2n) is 4.60. The average molecular weight is 296 g/mol. The van der Waals surface area contributed by atoms with Crippen molar-refractivity contribution in [3.63, 3.8) is 0 Å². The number of aromatic nitrogens is 1. The molecule has 0 saturated heterocycles. The number of fused-ring (bicyclic) bond motifs is 1. The molecule has 4 nitrogen and oxygen atoms in total. The largest absolute Gasteiger partial charge is 0.465 e. The number of benzene rings is 1. The number of rotatable bonds is 3. The van der Waals surface area contributed by atoms with Crippen molar-refractivity contribution >= 4 is 28.2 Å². The molecule has 5 heteroatoms. The lowest BCUT2D eigenvalue weighted by Crippen LogP contribution is -2.05. The quantitative estimate of drug-likeness (QED) is 0.696. The van der Waals surface area contributed by atoms with Crippen LogP contribution in [0.5, 0.6) is 0 Å². The number of thiophene rings is 1. The van der Waals surface area contributed by atoms with Crippen molar-refractivity contribution in [2.45, 2.75) is 6.54 Å². The molecule has 2 heterocycles. The number of carbonyl (C=O) groups is 1. The lowest BCUT2D eigenvalue weighted by atomic mass is 10.2. The molecule has 0 aliphatic carbocycles. The van der Waals surface area contributed by atoms with E-state index in [2.05, 4.69) is 6.07 Å². The molecule has 21 heavy (non-hydrogen) atoms. The number of nitriles is 1. The van der Waals surface area contributed by atoms with Crippen LogP contribution in [0.1, 0.15) is 20.8 Å². The first-order valence-corrected chi connectivity index (χ1v) is 7.24. The molecular formula is C16H12N2O2S. The van der Waals surface area contributed by atoms with Gasteiger partial charge in [0.05, 0.1) is 18.7 Å². The summed E-state index contributed by atoms with van der Waals surface area (Å²) in [6, 6.07) is 11.7. The minimum Gasteiger partial charge on any atom is -0.465 e. The SMILES string of the molecule is COC(=O)c1sccc1Cn1ccc2ccc(C#N)cc21. The van der Waals surface area contributed by atoms with Gasteiger partial charge < -0.3 is 9.30 Å². The van der Waals surface area contributed by atoms with Crippen molar-refractivity contribution < 1.29 is 9.53 Å².